The van der Waals surface area contributed by atoms with Crippen LogP contribution in [-0.2, 0) is 16.1 Å². The number of rotatable bonds is 7. The first-order chi connectivity index (χ1) is 14.4. The van der Waals surface area contributed by atoms with Crippen LogP contribution >= 0.6 is 11.6 Å². The number of hydrogen-bond acceptors (Lipinski definition) is 2. The van der Waals surface area contributed by atoms with Gasteiger partial charge in [-0.05, 0) is 31.2 Å². The van der Waals surface area contributed by atoms with Crippen molar-refractivity contribution >= 4 is 29.1 Å². The van der Waals surface area contributed by atoms with Crippen LogP contribution in [0.1, 0.15) is 11.1 Å². The number of piperazine rings is 1. The first kappa shape index (κ1) is 22.3. The highest BCUT2D eigenvalue weighted by molar-refractivity contribution is 6.30. The second kappa shape index (κ2) is 10.6. The molecule has 2 aromatic rings. The van der Waals surface area contributed by atoms with Crippen molar-refractivity contribution in [1.82, 2.24) is 4.90 Å². The van der Waals surface area contributed by atoms with Gasteiger partial charge >= 0.3 is 0 Å². The van der Waals surface area contributed by atoms with Crippen molar-refractivity contribution in [2.75, 3.05) is 51.6 Å². The lowest BCUT2D eigenvalue weighted by Crippen LogP contribution is -3.14. The van der Waals surface area contributed by atoms with E-state index in [0.29, 0.717) is 17.3 Å². The van der Waals surface area contributed by atoms with Crippen LogP contribution in [0.5, 0.6) is 0 Å². The molecule has 160 valence electrons. The van der Waals surface area contributed by atoms with Gasteiger partial charge in [-0.1, -0.05) is 41.4 Å². The summed E-state index contributed by atoms with van der Waals surface area (Å²) in [7, 11) is 1.87. The van der Waals surface area contributed by atoms with Gasteiger partial charge in [-0.2, -0.15) is 0 Å². The number of likely N-dealkylation sites (N-methyl/N-ethyl adjacent to an activating group) is 1. The fourth-order valence-corrected chi connectivity index (χ4v) is 3.93. The van der Waals surface area contributed by atoms with Gasteiger partial charge in [-0.3, -0.25) is 9.59 Å². The number of nitrogens with zero attached hydrogens (tertiary/aromatic N) is 1. The summed E-state index contributed by atoms with van der Waals surface area (Å²) in [6.45, 7) is 7.12. The second-order valence-corrected chi connectivity index (χ2v) is 8.60. The minimum absolute atomic E-state index is 0.112. The Hall–Kier alpha value is -2.41. The van der Waals surface area contributed by atoms with E-state index in [1.807, 2.05) is 11.9 Å². The van der Waals surface area contributed by atoms with Crippen LogP contribution in [0.2, 0.25) is 5.02 Å². The summed E-state index contributed by atoms with van der Waals surface area (Å²) in [5, 5.41) is 3.47. The quantitative estimate of drug-likeness (QED) is 0.580. The Bertz CT molecular complexity index is 864. The first-order valence-electron chi connectivity index (χ1n) is 10.4. The smallest absolute Gasteiger partial charge is 0.279 e. The lowest BCUT2D eigenvalue weighted by Gasteiger charge is -2.32. The summed E-state index contributed by atoms with van der Waals surface area (Å²) < 4.78 is 0. The molecule has 30 heavy (non-hydrogen) atoms. The highest BCUT2D eigenvalue weighted by atomic mass is 35.5. The number of nitrogens with one attached hydrogen (secondary N) is 3. The largest absolute Gasteiger partial charge is 0.328 e. The summed E-state index contributed by atoms with van der Waals surface area (Å²) in [5.41, 5.74) is 3.34. The standard InChI is InChI=1S/C23H29ClN4O2/c1-18-4-3-5-19(14-18)15-27-10-12-28(13-11-27)23(30)17-26(2)16-22(29)25-21-8-6-20(24)7-9-21/h3-9,14H,10-13,15-17H2,1-2H3,(H,25,29)/p+2. The molecule has 0 saturated carbocycles. The van der Waals surface area contributed by atoms with E-state index in [-0.39, 0.29) is 18.4 Å². The summed E-state index contributed by atoms with van der Waals surface area (Å²) in [4.78, 5) is 29.2. The van der Waals surface area contributed by atoms with Gasteiger partial charge < -0.3 is 20.0 Å². The summed E-state index contributed by atoms with van der Waals surface area (Å²) >= 11 is 5.86. The third kappa shape index (κ3) is 6.83. The van der Waals surface area contributed by atoms with Crippen LogP contribution in [0.3, 0.4) is 0 Å². The zero-order chi connectivity index (χ0) is 21.5. The number of carbonyl (C=O) groups is 2. The number of anilines is 1. The number of carbonyl (C=O) groups excluding carboxylic acids is 2. The minimum Gasteiger partial charge on any atom is -0.328 e. The maximum Gasteiger partial charge on any atom is 0.279 e. The number of benzene rings is 2. The van der Waals surface area contributed by atoms with Crippen LogP contribution in [0.25, 0.3) is 0 Å². The van der Waals surface area contributed by atoms with Gasteiger partial charge in [0.2, 0.25) is 0 Å². The van der Waals surface area contributed by atoms with Gasteiger partial charge in [-0.25, -0.2) is 0 Å². The van der Waals surface area contributed by atoms with Gasteiger partial charge in [0, 0.05) is 16.3 Å². The first-order valence-corrected chi connectivity index (χ1v) is 10.8. The average molecular weight is 431 g/mol. The zero-order valence-corrected chi connectivity index (χ0v) is 18.5. The second-order valence-electron chi connectivity index (χ2n) is 8.16. The summed E-state index contributed by atoms with van der Waals surface area (Å²) in [6.07, 6.45) is 0. The molecule has 2 amide bonds. The molecular weight excluding hydrogens is 400 g/mol. The average Bonchev–Trinajstić information content (AvgIpc) is 2.70. The molecule has 3 N–H and O–H groups in total. The van der Waals surface area contributed by atoms with E-state index < -0.39 is 0 Å². The molecule has 0 aliphatic carbocycles. The molecule has 1 unspecified atom stereocenters. The molecule has 1 aliphatic rings. The molecule has 3 rings (SSSR count). The number of halogens is 1. The fraction of sp³-hybridized carbons (Fsp3) is 0.391. The topological polar surface area (TPSA) is 58.3 Å². The third-order valence-electron chi connectivity index (χ3n) is 5.40. The normalized spacial score (nSPS) is 15.6. The van der Waals surface area contributed by atoms with Gasteiger partial charge in [-0.15, -0.1) is 0 Å². The van der Waals surface area contributed by atoms with Gasteiger partial charge in [0.1, 0.15) is 6.54 Å². The predicted octanol–water partition coefficient (Wildman–Crippen LogP) is 0.0289. The molecule has 1 heterocycles. The molecule has 1 saturated heterocycles. The summed E-state index contributed by atoms with van der Waals surface area (Å²) in [5.74, 6) is -0.00330. The van der Waals surface area contributed by atoms with Gasteiger partial charge in [0.05, 0.1) is 33.2 Å². The molecule has 1 aliphatic heterocycles. The van der Waals surface area contributed by atoms with Gasteiger partial charge in [0.15, 0.2) is 13.1 Å². The lowest BCUT2D eigenvalue weighted by atomic mass is 10.1. The van der Waals surface area contributed by atoms with Crippen LogP contribution < -0.4 is 15.1 Å². The fourth-order valence-electron chi connectivity index (χ4n) is 3.80. The lowest BCUT2D eigenvalue weighted by molar-refractivity contribution is -0.917. The van der Waals surface area contributed by atoms with E-state index in [9.17, 15) is 9.59 Å². The molecule has 2 aromatic carbocycles. The van der Waals surface area contributed by atoms with Crippen LogP contribution in [-0.4, -0.2) is 63.0 Å². The molecule has 1 fully saturated rings. The van der Waals surface area contributed by atoms with Crippen molar-refractivity contribution in [2.45, 2.75) is 13.5 Å². The Labute approximate surface area is 183 Å². The summed E-state index contributed by atoms with van der Waals surface area (Å²) in [6, 6.07) is 15.6. The SMILES string of the molecule is Cc1cccc(C[NH+]2CCN(C(=O)C[NH+](C)CC(=O)Nc3ccc(Cl)cc3)CC2)c1. The van der Waals surface area contributed by atoms with Crippen LogP contribution in [0.15, 0.2) is 48.5 Å². The molecule has 0 radical (unpaired) electrons. The van der Waals surface area contributed by atoms with E-state index in [1.165, 1.54) is 16.0 Å². The minimum atomic E-state index is -0.116. The van der Waals surface area contributed by atoms with Crippen molar-refractivity contribution < 1.29 is 19.4 Å². The van der Waals surface area contributed by atoms with Crippen molar-refractivity contribution in [3.8, 4) is 0 Å². The molecule has 1 atom stereocenters. The van der Waals surface area contributed by atoms with Crippen LogP contribution in [0.4, 0.5) is 5.69 Å². The van der Waals surface area contributed by atoms with Crippen molar-refractivity contribution in [2.24, 2.45) is 0 Å². The number of aryl methyl sites for hydroxylation is 1. The number of amides is 2. The predicted molar refractivity (Wildman–Crippen MR) is 119 cm³/mol. The Kier molecular flexibility index (Phi) is 7.85. The maximum atomic E-state index is 12.6. The van der Waals surface area contributed by atoms with Crippen molar-refractivity contribution in [1.29, 1.82) is 0 Å². The molecule has 0 aromatic heterocycles. The molecule has 0 bridgehead atoms. The van der Waals surface area contributed by atoms with E-state index >= 15 is 0 Å². The third-order valence-corrected chi connectivity index (χ3v) is 5.66. The van der Waals surface area contributed by atoms with Crippen molar-refractivity contribution in [3.05, 3.63) is 64.7 Å². The Morgan fingerprint density at radius 2 is 1.80 bits per heavy atom. The zero-order valence-electron chi connectivity index (χ0n) is 17.7. The molecule has 0 spiro atoms. The number of quaternary nitrogens is 2. The Morgan fingerprint density at radius 3 is 2.47 bits per heavy atom. The van der Waals surface area contributed by atoms with Crippen molar-refractivity contribution in [3.63, 3.8) is 0 Å². The Morgan fingerprint density at radius 1 is 1.10 bits per heavy atom. The van der Waals surface area contributed by atoms with Crippen LogP contribution in [0, 0.1) is 6.92 Å². The van der Waals surface area contributed by atoms with E-state index in [4.69, 9.17) is 11.6 Å². The van der Waals surface area contributed by atoms with E-state index in [0.717, 1.165) is 37.6 Å². The monoisotopic (exact) mass is 430 g/mol. The highest BCUT2D eigenvalue weighted by Gasteiger charge is 2.26. The Balaban J connectivity index is 1.39. The molecular formula is C23H31ClN4O2+2. The van der Waals surface area contributed by atoms with E-state index in [2.05, 4.69) is 36.5 Å². The maximum absolute atomic E-state index is 12.6. The van der Waals surface area contributed by atoms with Gasteiger partial charge in [0.25, 0.3) is 11.8 Å². The molecule has 6 nitrogen and oxygen atoms in total. The highest BCUT2D eigenvalue weighted by Crippen LogP contribution is 2.12. The number of hydrogen-bond donors (Lipinski definition) is 3. The van der Waals surface area contributed by atoms with E-state index in [1.54, 1.807) is 24.3 Å². The molecule has 7 heteroatoms.